The molecule has 4 nitrogen and oxygen atoms in total. The van der Waals surface area contributed by atoms with E-state index in [1.165, 1.54) is 12.0 Å². The molecule has 3 saturated carbocycles. The minimum absolute atomic E-state index is 0.00527. The zero-order valence-electron chi connectivity index (χ0n) is 17.7. The van der Waals surface area contributed by atoms with E-state index >= 15 is 0 Å². The van der Waals surface area contributed by atoms with Gasteiger partial charge in [-0.2, -0.15) is 0 Å². The molecule has 4 aliphatic carbocycles. The van der Waals surface area contributed by atoms with Crippen LogP contribution in [0.5, 0.6) is 0 Å². The van der Waals surface area contributed by atoms with Crippen LogP contribution in [-0.4, -0.2) is 35.5 Å². The molecule has 5 aliphatic rings. The van der Waals surface area contributed by atoms with Gasteiger partial charge >= 0.3 is 5.97 Å². The van der Waals surface area contributed by atoms with E-state index in [9.17, 15) is 9.90 Å². The van der Waals surface area contributed by atoms with Gasteiger partial charge in [-0.1, -0.05) is 25.5 Å². The Hall–Kier alpha value is -0.870. The van der Waals surface area contributed by atoms with Crippen molar-refractivity contribution in [3.8, 4) is 0 Å². The van der Waals surface area contributed by atoms with Crippen molar-refractivity contribution in [1.29, 1.82) is 0 Å². The molecule has 0 aromatic rings. The van der Waals surface area contributed by atoms with Crippen LogP contribution in [0.3, 0.4) is 0 Å². The summed E-state index contributed by atoms with van der Waals surface area (Å²) in [4.78, 5) is 12.1. The fourth-order valence-corrected chi connectivity index (χ4v) is 8.48. The summed E-state index contributed by atoms with van der Waals surface area (Å²) in [7, 11) is 0. The molecule has 8 atom stereocenters. The largest absolute Gasteiger partial charge is 0.462 e. The maximum Gasteiger partial charge on any atom is 0.302 e. The molecule has 1 spiro atoms. The molecule has 1 saturated heterocycles. The Morgan fingerprint density at radius 2 is 2.07 bits per heavy atom. The number of aliphatic hydroxyl groups excluding tert-OH is 1. The van der Waals surface area contributed by atoms with Gasteiger partial charge in [0.05, 0.1) is 11.7 Å². The molecule has 28 heavy (non-hydrogen) atoms. The summed E-state index contributed by atoms with van der Waals surface area (Å²) in [5.41, 5.74) is 1.56. The van der Waals surface area contributed by atoms with Crippen molar-refractivity contribution in [3.05, 3.63) is 11.6 Å². The molecule has 4 heteroatoms. The second-order valence-corrected chi connectivity index (χ2v) is 10.8. The highest BCUT2D eigenvalue weighted by molar-refractivity contribution is 5.66. The van der Waals surface area contributed by atoms with Crippen LogP contribution in [-0.2, 0) is 14.3 Å². The number of ether oxygens (including phenoxy) is 2. The van der Waals surface area contributed by atoms with Gasteiger partial charge in [-0.25, -0.2) is 0 Å². The van der Waals surface area contributed by atoms with Gasteiger partial charge in [0.1, 0.15) is 6.10 Å². The normalized spacial score (nSPS) is 52.6. The van der Waals surface area contributed by atoms with Gasteiger partial charge in [0.25, 0.3) is 0 Å². The van der Waals surface area contributed by atoms with E-state index in [0.717, 1.165) is 58.0 Å². The number of allylic oxidation sites excluding steroid dienone is 1. The van der Waals surface area contributed by atoms with Crippen LogP contribution in [0.15, 0.2) is 11.6 Å². The summed E-state index contributed by atoms with van der Waals surface area (Å²) in [5, 5.41) is 10.3. The Morgan fingerprint density at radius 3 is 2.79 bits per heavy atom. The van der Waals surface area contributed by atoms with Gasteiger partial charge in [-0.15, -0.1) is 0 Å². The quantitative estimate of drug-likeness (QED) is 0.534. The second-order valence-electron chi connectivity index (χ2n) is 10.8. The molecule has 0 bridgehead atoms. The fraction of sp³-hybridized carbons (Fsp3) is 0.875. The lowest BCUT2D eigenvalue weighted by Crippen LogP contribution is -2.60. The summed E-state index contributed by atoms with van der Waals surface area (Å²) in [5.74, 6) is 1.42. The Bertz CT molecular complexity index is 693. The zero-order valence-corrected chi connectivity index (χ0v) is 17.7. The lowest BCUT2D eigenvalue weighted by molar-refractivity contribution is -0.192. The van der Waals surface area contributed by atoms with Crippen LogP contribution in [0.4, 0.5) is 0 Å². The predicted molar refractivity (Wildman–Crippen MR) is 107 cm³/mol. The number of carbonyl (C=O) groups excluding carboxylic acids is 1. The minimum atomic E-state index is -0.210. The second kappa shape index (κ2) is 6.31. The Balaban J connectivity index is 1.57. The van der Waals surface area contributed by atoms with E-state index < -0.39 is 0 Å². The molecule has 5 rings (SSSR count). The Kier molecular flexibility index (Phi) is 4.31. The molecule has 4 unspecified atom stereocenters. The first-order valence-corrected chi connectivity index (χ1v) is 11.5. The average Bonchev–Trinajstić information content (AvgIpc) is 3.21. The predicted octanol–water partition coefficient (Wildman–Crippen LogP) is 4.40. The molecular weight excluding hydrogens is 352 g/mol. The van der Waals surface area contributed by atoms with Crippen molar-refractivity contribution in [2.24, 2.45) is 28.6 Å². The highest BCUT2D eigenvalue weighted by Gasteiger charge is 2.68. The van der Waals surface area contributed by atoms with Crippen molar-refractivity contribution in [3.63, 3.8) is 0 Å². The van der Waals surface area contributed by atoms with E-state index in [1.54, 1.807) is 6.92 Å². The molecule has 1 heterocycles. The monoisotopic (exact) mass is 388 g/mol. The van der Waals surface area contributed by atoms with Crippen molar-refractivity contribution in [1.82, 2.24) is 0 Å². The lowest BCUT2D eigenvalue weighted by atomic mass is 9.46. The van der Waals surface area contributed by atoms with Crippen LogP contribution in [0, 0.1) is 28.6 Å². The smallest absolute Gasteiger partial charge is 0.302 e. The van der Waals surface area contributed by atoms with Gasteiger partial charge in [-0.3, -0.25) is 4.79 Å². The Labute approximate surface area is 169 Å². The Morgan fingerprint density at radius 1 is 1.25 bits per heavy atom. The van der Waals surface area contributed by atoms with Crippen LogP contribution in [0.1, 0.15) is 78.6 Å². The molecule has 1 N–H and O–H groups in total. The molecule has 156 valence electrons. The number of esters is 1. The molecule has 0 aromatic heterocycles. The van der Waals surface area contributed by atoms with Crippen molar-refractivity contribution in [2.75, 3.05) is 6.61 Å². The fourth-order valence-electron chi connectivity index (χ4n) is 8.48. The first kappa shape index (κ1) is 19.1. The summed E-state index contributed by atoms with van der Waals surface area (Å²) >= 11 is 0. The van der Waals surface area contributed by atoms with Crippen LogP contribution < -0.4 is 0 Å². The highest BCUT2D eigenvalue weighted by atomic mass is 16.5. The first-order chi connectivity index (χ1) is 13.3. The van der Waals surface area contributed by atoms with Crippen molar-refractivity contribution < 1.29 is 19.4 Å². The van der Waals surface area contributed by atoms with Gasteiger partial charge in [0.15, 0.2) is 0 Å². The number of carbonyl (C=O) groups is 1. The lowest BCUT2D eigenvalue weighted by Gasteiger charge is -2.61. The van der Waals surface area contributed by atoms with E-state index in [-0.39, 0.29) is 34.6 Å². The minimum Gasteiger partial charge on any atom is -0.462 e. The van der Waals surface area contributed by atoms with Crippen LogP contribution in [0.2, 0.25) is 0 Å². The van der Waals surface area contributed by atoms with E-state index in [2.05, 4.69) is 19.9 Å². The average molecular weight is 389 g/mol. The zero-order chi connectivity index (χ0) is 19.7. The van der Waals surface area contributed by atoms with E-state index in [0.29, 0.717) is 17.8 Å². The van der Waals surface area contributed by atoms with Crippen molar-refractivity contribution in [2.45, 2.75) is 96.4 Å². The third-order valence-corrected chi connectivity index (χ3v) is 9.70. The van der Waals surface area contributed by atoms with Gasteiger partial charge in [-0.05, 0) is 75.0 Å². The molecule has 0 aromatic carbocycles. The van der Waals surface area contributed by atoms with Gasteiger partial charge in [0.2, 0.25) is 0 Å². The number of fused-ring (bicyclic) bond motifs is 6. The maximum atomic E-state index is 12.1. The first-order valence-electron chi connectivity index (χ1n) is 11.5. The number of hydrogen-bond donors (Lipinski definition) is 1. The SMILES string of the molecule is CC(=O)O[C@H]1C[C@@]2(C)C(CCC23CCCO3)C2CC=C3C[C@@H](O)CC[C@]3(C)C21. The van der Waals surface area contributed by atoms with Gasteiger partial charge in [0, 0.05) is 24.9 Å². The summed E-state index contributed by atoms with van der Waals surface area (Å²) in [6.45, 7) is 7.27. The number of rotatable bonds is 1. The number of aliphatic hydroxyl groups is 1. The third-order valence-electron chi connectivity index (χ3n) is 9.70. The van der Waals surface area contributed by atoms with E-state index in [4.69, 9.17) is 9.47 Å². The van der Waals surface area contributed by atoms with Crippen LogP contribution >= 0.6 is 0 Å². The van der Waals surface area contributed by atoms with Gasteiger partial charge < -0.3 is 14.6 Å². The summed E-state index contributed by atoms with van der Waals surface area (Å²) < 4.78 is 12.6. The molecule has 0 amide bonds. The standard InChI is InChI=1S/C24H36O4/c1-15(25)28-20-14-23(3)19(8-11-24(23)9-4-12-27-24)18-6-5-16-13-17(26)7-10-22(16,2)21(18)20/h5,17-21,26H,4,6-14H2,1-3H3/t17-,18?,19?,20-,21?,22-,23-,24?/m0/s1. The highest BCUT2D eigenvalue weighted by Crippen LogP contribution is 2.69. The van der Waals surface area contributed by atoms with Crippen molar-refractivity contribution >= 4 is 5.97 Å². The number of hydrogen-bond acceptors (Lipinski definition) is 4. The van der Waals surface area contributed by atoms with E-state index in [1.807, 2.05) is 0 Å². The van der Waals surface area contributed by atoms with Crippen LogP contribution in [0.25, 0.3) is 0 Å². The molecule has 0 radical (unpaired) electrons. The molecule has 4 fully saturated rings. The summed E-state index contributed by atoms with van der Waals surface area (Å²) in [6, 6.07) is 0. The summed E-state index contributed by atoms with van der Waals surface area (Å²) in [6.07, 6.45) is 11.6. The maximum absolute atomic E-state index is 12.1. The third kappa shape index (κ3) is 2.46. The molecular formula is C24H36O4. The topological polar surface area (TPSA) is 55.8 Å². The molecule has 1 aliphatic heterocycles.